The van der Waals surface area contributed by atoms with Crippen LogP contribution in [0.4, 0.5) is 10.1 Å². The molecule has 1 aromatic rings. The van der Waals surface area contributed by atoms with Crippen LogP contribution in [0.25, 0.3) is 0 Å². The van der Waals surface area contributed by atoms with Gasteiger partial charge in [-0.15, -0.1) is 0 Å². The summed E-state index contributed by atoms with van der Waals surface area (Å²) in [6.45, 7) is 4.58. The van der Waals surface area contributed by atoms with Crippen molar-refractivity contribution < 1.29 is 14.1 Å². The van der Waals surface area contributed by atoms with Gasteiger partial charge in [0.1, 0.15) is 0 Å². The highest BCUT2D eigenvalue weighted by Crippen LogP contribution is 2.29. The summed E-state index contributed by atoms with van der Waals surface area (Å²) in [6, 6.07) is 3.16. The molecule has 0 bridgehead atoms. The number of nitrogens with one attached hydrogen (secondary N) is 1. The van der Waals surface area contributed by atoms with Gasteiger partial charge in [-0.1, -0.05) is 13.8 Å². The highest BCUT2D eigenvalue weighted by Gasteiger charge is 2.26. The Morgan fingerprint density at radius 3 is 2.48 bits per heavy atom. The molecular formula is C14H19FN2O3S. The van der Waals surface area contributed by atoms with Crippen molar-refractivity contribution in [2.45, 2.75) is 31.4 Å². The van der Waals surface area contributed by atoms with E-state index < -0.39 is 22.3 Å². The Kier molecular flexibility index (Phi) is 6.14. The molecule has 0 aliphatic rings. The smallest absolute Gasteiger partial charge is 0.304 e. The van der Waals surface area contributed by atoms with E-state index in [1.54, 1.807) is 11.8 Å². The summed E-state index contributed by atoms with van der Waals surface area (Å²) in [4.78, 5) is 21.7. The van der Waals surface area contributed by atoms with Gasteiger partial charge >= 0.3 is 5.69 Å². The quantitative estimate of drug-likeness (QED) is 0.618. The van der Waals surface area contributed by atoms with Crippen molar-refractivity contribution in [1.82, 2.24) is 5.32 Å². The van der Waals surface area contributed by atoms with Gasteiger partial charge in [0.2, 0.25) is 5.82 Å². The molecular weight excluding hydrogens is 295 g/mol. The number of carbonyl (C=O) groups excluding carboxylic acids is 1. The minimum Gasteiger partial charge on any atom is -0.351 e. The molecule has 0 aromatic heterocycles. The fourth-order valence-electron chi connectivity index (χ4n) is 2.00. The van der Waals surface area contributed by atoms with Crippen LogP contribution in [-0.4, -0.2) is 28.4 Å². The summed E-state index contributed by atoms with van der Waals surface area (Å²) < 4.78 is 13.5. The molecule has 0 saturated carbocycles. The van der Waals surface area contributed by atoms with Crippen LogP contribution in [0.1, 0.15) is 37.0 Å². The van der Waals surface area contributed by atoms with E-state index in [1.165, 1.54) is 6.07 Å². The second-order valence-electron chi connectivity index (χ2n) is 4.70. The van der Waals surface area contributed by atoms with Crippen molar-refractivity contribution >= 4 is 23.4 Å². The summed E-state index contributed by atoms with van der Waals surface area (Å²) >= 11 is 1.69. The second kappa shape index (κ2) is 7.40. The van der Waals surface area contributed by atoms with Crippen molar-refractivity contribution in [2.75, 3.05) is 12.8 Å². The van der Waals surface area contributed by atoms with Gasteiger partial charge in [0.25, 0.3) is 5.91 Å². The van der Waals surface area contributed by atoms with E-state index in [0.717, 1.165) is 25.0 Å². The fraction of sp³-hybridized carbons (Fsp3) is 0.500. The van der Waals surface area contributed by atoms with Crippen molar-refractivity contribution in [3.05, 3.63) is 39.7 Å². The number of hydrogen-bond donors (Lipinski definition) is 1. The molecule has 0 saturated heterocycles. The van der Waals surface area contributed by atoms with Gasteiger partial charge in [-0.2, -0.15) is 16.2 Å². The van der Waals surface area contributed by atoms with Gasteiger partial charge in [-0.25, -0.2) is 0 Å². The van der Waals surface area contributed by atoms with Gasteiger partial charge in [0.05, 0.1) is 4.92 Å². The molecule has 0 unspecified atom stereocenters. The monoisotopic (exact) mass is 314 g/mol. The zero-order chi connectivity index (χ0) is 16.0. The standard InChI is InChI=1S/C14H19FN2O3S/c1-4-14(5-2,21-3)9-16-13(18)10-6-7-12(17(19)20)11(15)8-10/h6-8H,4-5,9H2,1-3H3,(H,16,18). The Labute approximate surface area is 127 Å². The number of carbonyl (C=O) groups is 1. The van der Waals surface area contributed by atoms with Crippen LogP contribution in [0.5, 0.6) is 0 Å². The lowest BCUT2D eigenvalue weighted by atomic mass is 10.0. The van der Waals surface area contributed by atoms with E-state index in [1.807, 2.05) is 6.26 Å². The molecule has 1 amide bonds. The summed E-state index contributed by atoms with van der Waals surface area (Å²) in [5.74, 6) is -1.43. The molecule has 0 atom stereocenters. The second-order valence-corrected chi connectivity index (χ2v) is 5.97. The van der Waals surface area contributed by atoms with Gasteiger partial charge < -0.3 is 5.32 Å². The average molecular weight is 314 g/mol. The maximum Gasteiger partial charge on any atom is 0.304 e. The number of amides is 1. The first-order valence-electron chi connectivity index (χ1n) is 6.66. The van der Waals surface area contributed by atoms with Crippen molar-refractivity contribution in [1.29, 1.82) is 0 Å². The lowest BCUT2D eigenvalue weighted by molar-refractivity contribution is -0.387. The number of benzene rings is 1. The third kappa shape index (κ3) is 4.17. The Hall–Kier alpha value is -1.63. The van der Waals surface area contributed by atoms with Crippen LogP contribution >= 0.6 is 11.8 Å². The van der Waals surface area contributed by atoms with E-state index in [-0.39, 0.29) is 10.3 Å². The number of nitro groups is 1. The van der Waals surface area contributed by atoms with Crippen LogP contribution in [0.2, 0.25) is 0 Å². The largest absolute Gasteiger partial charge is 0.351 e. The summed E-state index contributed by atoms with van der Waals surface area (Å²) in [7, 11) is 0. The first-order chi connectivity index (χ1) is 9.89. The molecule has 1 rings (SSSR count). The zero-order valence-electron chi connectivity index (χ0n) is 12.3. The van der Waals surface area contributed by atoms with E-state index in [2.05, 4.69) is 19.2 Å². The number of nitrogens with zero attached hydrogens (tertiary/aromatic N) is 1. The maximum absolute atomic E-state index is 13.5. The number of hydrogen-bond acceptors (Lipinski definition) is 4. The van der Waals surface area contributed by atoms with E-state index in [9.17, 15) is 19.3 Å². The lowest BCUT2D eigenvalue weighted by Gasteiger charge is -2.29. The Morgan fingerprint density at radius 1 is 1.43 bits per heavy atom. The third-order valence-electron chi connectivity index (χ3n) is 3.70. The highest BCUT2D eigenvalue weighted by molar-refractivity contribution is 8.00. The number of halogens is 1. The molecule has 21 heavy (non-hydrogen) atoms. The molecule has 5 nitrogen and oxygen atoms in total. The molecule has 0 heterocycles. The van der Waals surface area contributed by atoms with Crippen LogP contribution < -0.4 is 5.32 Å². The van der Waals surface area contributed by atoms with Crippen LogP contribution in [-0.2, 0) is 0 Å². The van der Waals surface area contributed by atoms with Gasteiger partial charge in [0, 0.05) is 22.9 Å². The molecule has 0 spiro atoms. The Bertz CT molecular complexity index is 525. The molecule has 116 valence electrons. The normalized spacial score (nSPS) is 11.2. The maximum atomic E-state index is 13.5. The third-order valence-corrected chi connectivity index (χ3v) is 5.29. The summed E-state index contributed by atoms with van der Waals surface area (Å²) in [5, 5.41) is 13.3. The van der Waals surface area contributed by atoms with E-state index in [4.69, 9.17) is 0 Å². The average Bonchev–Trinajstić information content (AvgIpc) is 2.48. The fourth-order valence-corrected chi connectivity index (χ4v) is 2.79. The Morgan fingerprint density at radius 2 is 2.05 bits per heavy atom. The molecule has 0 radical (unpaired) electrons. The van der Waals surface area contributed by atoms with Crippen LogP contribution in [0.15, 0.2) is 18.2 Å². The van der Waals surface area contributed by atoms with Gasteiger partial charge in [-0.3, -0.25) is 14.9 Å². The summed E-state index contributed by atoms with van der Waals surface area (Å²) in [6.07, 6.45) is 3.80. The van der Waals surface area contributed by atoms with E-state index in [0.29, 0.717) is 6.54 Å². The zero-order valence-corrected chi connectivity index (χ0v) is 13.1. The topological polar surface area (TPSA) is 72.2 Å². The number of thioether (sulfide) groups is 1. The number of rotatable bonds is 7. The minimum atomic E-state index is -1.00. The van der Waals surface area contributed by atoms with Crippen LogP contribution in [0.3, 0.4) is 0 Å². The van der Waals surface area contributed by atoms with Crippen molar-refractivity contribution in [2.24, 2.45) is 0 Å². The first-order valence-corrected chi connectivity index (χ1v) is 7.89. The molecule has 0 fully saturated rings. The van der Waals surface area contributed by atoms with E-state index >= 15 is 0 Å². The molecule has 0 aliphatic carbocycles. The first kappa shape index (κ1) is 17.4. The molecule has 1 aromatic carbocycles. The van der Waals surface area contributed by atoms with Gasteiger partial charge in [0.15, 0.2) is 0 Å². The molecule has 1 N–H and O–H groups in total. The van der Waals surface area contributed by atoms with Crippen molar-refractivity contribution in [3.63, 3.8) is 0 Å². The van der Waals surface area contributed by atoms with Crippen molar-refractivity contribution in [3.8, 4) is 0 Å². The predicted molar refractivity (Wildman–Crippen MR) is 82.2 cm³/mol. The number of nitro benzene ring substituents is 1. The minimum absolute atomic E-state index is 0.0466. The van der Waals surface area contributed by atoms with Crippen LogP contribution in [0, 0.1) is 15.9 Å². The SMILES string of the molecule is CCC(CC)(CNC(=O)c1ccc([N+](=O)[O-])c(F)c1)SC. The lowest BCUT2D eigenvalue weighted by Crippen LogP contribution is -2.39. The summed E-state index contributed by atoms with van der Waals surface area (Å²) in [5.41, 5.74) is -0.549. The predicted octanol–water partition coefficient (Wildman–Crippen LogP) is 3.39. The molecule has 0 aliphatic heterocycles. The Balaban J connectivity index is 2.81. The molecule has 7 heteroatoms. The van der Waals surface area contributed by atoms with Gasteiger partial charge in [-0.05, 0) is 31.2 Å². The highest BCUT2D eigenvalue weighted by atomic mass is 32.2.